The van der Waals surface area contributed by atoms with Gasteiger partial charge in [-0.1, -0.05) is 75.4 Å². The maximum Gasteiger partial charge on any atom is 0.334 e. The van der Waals surface area contributed by atoms with Gasteiger partial charge in [0.05, 0.1) is 25.3 Å². The van der Waals surface area contributed by atoms with Crippen molar-refractivity contribution in [3.63, 3.8) is 0 Å². The number of fused-ring (bicyclic) bond motifs is 11. The lowest BCUT2D eigenvalue weighted by atomic mass is 9.65. The number of benzene rings is 3. The third kappa shape index (κ3) is 7.39. The fourth-order valence-electron chi connectivity index (χ4n) is 11.2. The van der Waals surface area contributed by atoms with Crippen LogP contribution >= 0.6 is 11.8 Å². The highest BCUT2D eigenvalue weighted by Gasteiger charge is 2.65. The van der Waals surface area contributed by atoms with E-state index in [-0.39, 0.29) is 66.3 Å². The lowest BCUT2D eigenvalue weighted by Gasteiger charge is -2.62. The van der Waals surface area contributed by atoms with E-state index in [9.17, 15) is 20.0 Å². The molecule has 0 saturated carbocycles. The summed E-state index contributed by atoms with van der Waals surface area (Å²) in [5.74, 6) is 1.72. The summed E-state index contributed by atoms with van der Waals surface area (Å²) in [5, 5.41) is 24.1. The molecule has 0 spiro atoms. The summed E-state index contributed by atoms with van der Waals surface area (Å²) in [6.45, 7) is 13.8. The summed E-state index contributed by atoms with van der Waals surface area (Å²) in [6.07, 6.45) is -0.500. The summed E-state index contributed by atoms with van der Waals surface area (Å²) in [6, 6.07) is 18.5. The molecule has 4 heterocycles. The Kier molecular flexibility index (Phi) is 12.3. The third-order valence-corrected chi connectivity index (χ3v) is 20.9. The highest BCUT2D eigenvalue weighted by molar-refractivity contribution is 7.99. The molecule has 2 aliphatic carbocycles. The first-order valence-electron chi connectivity index (χ1n) is 22.8. The minimum atomic E-state index is -2.54. The van der Waals surface area contributed by atoms with Gasteiger partial charge in [0, 0.05) is 59.7 Å². The second-order valence-corrected chi connectivity index (χ2v) is 25.8. The third-order valence-electron chi connectivity index (χ3n) is 15.3. The van der Waals surface area contributed by atoms with Gasteiger partial charge < -0.3 is 38.0 Å². The van der Waals surface area contributed by atoms with Crippen LogP contribution in [-0.2, 0) is 39.4 Å². The van der Waals surface area contributed by atoms with Crippen LogP contribution in [0.15, 0.2) is 77.3 Å². The van der Waals surface area contributed by atoms with Gasteiger partial charge in [0.1, 0.15) is 12.6 Å². The van der Waals surface area contributed by atoms with E-state index in [1.165, 1.54) is 22.3 Å². The topological polar surface area (TPSA) is 149 Å². The predicted molar refractivity (Wildman–Crippen MR) is 252 cm³/mol. The molecule has 3 aromatic rings. The Morgan fingerprint density at radius 2 is 1.70 bits per heavy atom. The fraction of sp³-hybridized carbons (Fsp3) is 0.510. The number of piperazine rings is 1. The number of carbonyl (C=O) groups is 2. The number of aryl methyl sites for hydroxylation is 1. The number of ketones is 1. The van der Waals surface area contributed by atoms with E-state index < -0.39 is 55.9 Å². The van der Waals surface area contributed by atoms with Gasteiger partial charge in [-0.2, -0.15) is 17.0 Å². The van der Waals surface area contributed by atoms with Gasteiger partial charge in [0.2, 0.25) is 6.79 Å². The van der Waals surface area contributed by atoms with Gasteiger partial charge >= 0.3 is 5.97 Å². The number of thioether (sulfide) groups is 1. The number of nitrogens with zero attached hydrogens (tertiary/aromatic N) is 3. The number of Topliss-reactive ketones (excluding diaryl/α,β-unsaturated/α-hetero) is 1. The van der Waals surface area contributed by atoms with Gasteiger partial charge in [0.25, 0.3) is 0 Å². The maximum absolute atomic E-state index is 14.9. The molecular formula is C51H61N3O10SSi. The standard InChI is InChI=1S/C51H61N3O10SSi/c1-28-19-30-20-36-38(22-52)54-37(43(53(36)6)41(30)46(44(28)59-8)61-26-58-7)21-51(57)42(47-45(62-27-63-47)29(2)48(51)55)39(54)23-60-49(56)40(64-66(9,10)50(3,4)5)25-65-24-35-33-17-13-11-15-31(33)32-16-12-14-18-34(32)35/h11-19,35-40,43,57H,20-21,23-27H2,1-10H3/t36-,37?,38-,39-,40?,43-,51+/m0/s1. The molecule has 1 N–H and O–H groups in total. The van der Waals surface area contributed by atoms with Crippen molar-refractivity contribution in [3.8, 4) is 28.7 Å². The monoisotopic (exact) mass is 935 g/mol. The SMILES string of the molecule is COCOc1c(OC)c(C)cc2c1[C@@H]1C3C[C@]4(O)C(=O)C(C)=C5OCOC5=C4[C@H](COC(=O)C(CSCC4c5ccccc5-c5ccccc54)O[Si](C)(C)C(C)(C)C)N3[C@@H](C#N)[C@H](C2)N1C. The summed E-state index contributed by atoms with van der Waals surface area (Å²) in [7, 11) is 2.58. The van der Waals surface area contributed by atoms with Crippen molar-refractivity contribution in [2.75, 3.05) is 53.0 Å². The fourth-order valence-corrected chi connectivity index (χ4v) is 13.7. The second kappa shape index (κ2) is 17.4. The van der Waals surface area contributed by atoms with Crippen LogP contribution in [0, 0.1) is 18.3 Å². The number of hydrogen-bond donors (Lipinski definition) is 1. The molecule has 13 nitrogen and oxygen atoms in total. The van der Waals surface area contributed by atoms with Crippen molar-refractivity contribution < 1.29 is 47.5 Å². The van der Waals surface area contributed by atoms with E-state index in [4.69, 9.17) is 32.8 Å². The Morgan fingerprint density at radius 3 is 2.33 bits per heavy atom. The molecule has 350 valence electrons. The van der Waals surface area contributed by atoms with Gasteiger partial charge in [-0.3, -0.25) is 14.6 Å². The van der Waals surface area contributed by atoms with Crippen molar-refractivity contribution in [1.29, 1.82) is 5.26 Å². The van der Waals surface area contributed by atoms with Gasteiger partial charge in [-0.15, -0.1) is 0 Å². The molecule has 7 atom stereocenters. The van der Waals surface area contributed by atoms with E-state index in [1.807, 2.05) is 14.0 Å². The molecule has 4 aliphatic heterocycles. The van der Waals surface area contributed by atoms with Crippen LogP contribution in [-0.4, -0.2) is 124 Å². The molecule has 3 aromatic carbocycles. The summed E-state index contributed by atoms with van der Waals surface area (Å²) in [4.78, 5) is 33.8. The van der Waals surface area contributed by atoms with Crippen molar-refractivity contribution in [2.24, 2.45) is 0 Å². The van der Waals surface area contributed by atoms with Crippen LogP contribution in [0.5, 0.6) is 11.5 Å². The number of aliphatic hydroxyl groups is 1. The first-order chi connectivity index (χ1) is 31.5. The van der Waals surface area contributed by atoms with E-state index in [1.54, 1.807) is 32.9 Å². The molecule has 9 rings (SSSR count). The molecule has 0 amide bonds. The van der Waals surface area contributed by atoms with Crippen LogP contribution in [0.25, 0.3) is 11.1 Å². The molecule has 6 aliphatic rings. The van der Waals surface area contributed by atoms with Crippen LogP contribution < -0.4 is 9.47 Å². The van der Waals surface area contributed by atoms with Crippen molar-refractivity contribution in [3.05, 3.63) is 105 Å². The lowest BCUT2D eigenvalue weighted by molar-refractivity contribution is -0.162. The van der Waals surface area contributed by atoms with E-state index in [0.717, 1.165) is 22.4 Å². The first kappa shape index (κ1) is 46.4. The molecular weight excluding hydrogens is 875 g/mol. The minimum absolute atomic E-state index is 0.0414. The molecule has 3 fully saturated rings. The Morgan fingerprint density at radius 1 is 1.03 bits per heavy atom. The largest absolute Gasteiger partial charge is 0.493 e. The van der Waals surface area contributed by atoms with E-state index in [2.05, 4.69) is 104 Å². The van der Waals surface area contributed by atoms with Crippen LogP contribution in [0.3, 0.4) is 0 Å². The molecule has 2 unspecified atom stereocenters. The van der Waals surface area contributed by atoms with Gasteiger partial charge in [-0.05, 0) is 78.8 Å². The van der Waals surface area contributed by atoms with Crippen molar-refractivity contribution >= 4 is 31.8 Å². The lowest BCUT2D eigenvalue weighted by Crippen LogP contribution is -2.74. The van der Waals surface area contributed by atoms with Gasteiger partial charge in [-0.25, -0.2) is 4.79 Å². The number of likely N-dealkylation sites (N-methyl/N-ethyl adjacent to an activating group) is 1. The molecule has 3 saturated heterocycles. The number of ether oxygens (including phenoxy) is 6. The Labute approximate surface area is 393 Å². The number of piperidine rings is 1. The zero-order valence-corrected chi connectivity index (χ0v) is 41.4. The highest BCUT2D eigenvalue weighted by Crippen LogP contribution is 2.57. The molecule has 0 aromatic heterocycles. The minimum Gasteiger partial charge on any atom is -0.493 e. The number of hydrogen-bond acceptors (Lipinski definition) is 14. The van der Waals surface area contributed by atoms with Crippen molar-refractivity contribution in [2.45, 2.75) is 113 Å². The zero-order chi connectivity index (χ0) is 47.0. The summed E-state index contributed by atoms with van der Waals surface area (Å²) < 4.78 is 43.1. The van der Waals surface area contributed by atoms with E-state index >= 15 is 0 Å². The maximum atomic E-state index is 14.9. The van der Waals surface area contributed by atoms with Crippen molar-refractivity contribution in [1.82, 2.24) is 9.80 Å². The summed E-state index contributed by atoms with van der Waals surface area (Å²) >= 11 is 1.67. The zero-order valence-electron chi connectivity index (χ0n) is 39.6. The highest BCUT2D eigenvalue weighted by atomic mass is 32.2. The van der Waals surface area contributed by atoms with Crippen LogP contribution in [0.2, 0.25) is 18.1 Å². The molecule has 2 bridgehead atoms. The number of carbonyl (C=O) groups excluding carboxylic acids is 2. The van der Waals surface area contributed by atoms with Crippen LogP contribution in [0.1, 0.15) is 73.9 Å². The molecule has 66 heavy (non-hydrogen) atoms. The Balaban J connectivity index is 1.09. The smallest absolute Gasteiger partial charge is 0.334 e. The number of nitriles is 1. The van der Waals surface area contributed by atoms with Gasteiger partial charge in [0.15, 0.2) is 55.6 Å². The number of esters is 1. The molecule has 15 heteroatoms. The average Bonchev–Trinajstić information content (AvgIpc) is 3.89. The van der Waals surface area contributed by atoms with Crippen LogP contribution in [0.4, 0.5) is 0 Å². The Bertz CT molecular complexity index is 2520. The van der Waals surface area contributed by atoms with E-state index in [0.29, 0.717) is 23.7 Å². The quantitative estimate of drug-likeness (QED) is 0.102. The predicted octanol–water partition coefficient (Wildman–Crippen LogP) is 7.56. The normalized spacial score (nSPS) is 26.2. The Hall–Kier alpha value is -4.66. The summed E-state index contributed by atoms with van der Waals surface area (Å²) in [5.41, 5.74) is 6.10. The first-order valence-corrected chi connectivity index (χ1v) is 26.8. The number of methoxy groups -OCH3 is 2. The number of rotatable bonds is 13. The second-order valence-electron chi connectivity index (χ2n) is 19.9. The average molecular weight is 936 g/mol. The molecule has 0 radical (unpaired) electrons.